The van der Waals surface area contributed by atoms with E-state index in [-0.39, 0.29) is 5.56 Å². The molecule has 0 unspecified atom stereocenters. The highest BCUT2D eigenvalue weighted by molar-refractivity contribution is 6.50. The molecule has 4 nitrogen and oxygen atoms in total. The van der Waals surface area contributed by atoms with Gasteiger partial charge in [0.05, 0.1) is 23.0 Å². The fourth-order valence-corrected chi connectivity index (χ4v) is 2.36. The molecule has 1 heterocycles. The molecule has 0 aliphatic heterocycles. The maximum absolute atomic E-state index is 12.1. The molecule has 0 radical (unpaired) electrons. The topological polar surface area (TPSA) is 55.0 Å². The van der Waals surface area contributed by atoms with Gasteiger partial charge < -0.3 is 9.72 Å². The van der Waals surface area contributed by atoms with Crippen LogP contribution in [0.4, 0.5) is 0 Å². The Balaban J connectivity index is 2.06. The average Bonchev–Trinajstić information content (AvgIpc) is 2.55. The fourth-order valence-electron chi connectivity index (χ4n) is 2.15. The summed E-state index contributed by atoms with van der Waals surface area (Å²) in [6.07, 6.45) is 1.73. The smallest absolute Gasteiger partial charge is 0.259 e. The molecule has 0 saturated carbocycles. The molecule has 3 aromatic rings. The third-order valence-electron chi connectivity index (χ3n) is 3.23. The van der Waals surface area contributed by atoms with Gasteiger partial charge in [-0.05, 0) is 35.9 Å². The minimum Gasteiger partial charge on any atom is -0.497 e. The number of benzene rings is 2. The van der Waals surface area contributed by atoms with E-state index in [0.717, 1.165) is 11.3 Å². The molecule has 0 bridgehead atoms. The first-order valence-electron chi connectivity index (χ1n) is 6.68. The van der Waals surface area contributed by atoms with E-state index in [1.807, 2.05) is 30.3 Å². The Morgan fingerprint density at radius 2 is 2.05 bits per heavy atom. The predicted octanol–water partition coefficient (Wildman–Crippen LogP) is 3.67. The molecule has 3 rings (SSSR count). The van der Waals surface area contributed by atoms with Gasteiger partial charge in [-0.1, -0.05) is 35.9 Å². The fraction of sp³-hybridized carbons (Fsp3) is 0.0588. The first kappa shape index (κ1) is 14.4. The molecular formula is C17H13ClN2O2. The molecule has 0 aliphatic carbocycles. The highest BCUT2D eigenvalue weighted by Gasteiger charge is 2.06. The van der Waals surface area contributed by atoms with Crippen molar-refractivity contribution in [2.45, 2.75) is 0 Å². The van der Waals surface area contributed by atoms with Gasteiger partial charge in [0.2, 0.25) is 0 Å². The van der Waals surface area contributed by atoms with Gasteiger partial charge in [0.25, 0.3) is 5.56 Å². The first-order valence-corrected chi connectivity index (χ1v) is 7.06. The number of hydrogen-bond donors (Lipinski definition) is 1. The lowest BCUT2D eigenvalue weighted by Gasteiger charge is -2.03. The molecule has 0 fully saturated rings. The lowest BCUT2D eigenvalue weighted by atomic mass is 10.2. The first-order chi connectivity index (χ1) is 10.7. The number of halogens is 1. The van der Waals surface area contributed by atoms with Gasteiger partial charge in [-0.2, -0.15) is 0 Å². The number of aromatic nitrogens is 2. The second kappa shape index (κ2) is 6.03. The molecular weight excluding hydrogens is 300 g/mol. The van der Waals surface area contributed by atoms with Crippen LogP contribution in [0.2, 0.25) is 0 Å². The molecule has 0 amide bonds. The third-order valence-corrected chi connectivity index (χ3v) is 3.51. The summed E-state index contributed by atoms with van der Waals surface area (Å²) in [5.74, 6) is 1.08. The van der Waals surface area contributed by atoms with Crippen LogP contribution in [0.25, 0.3) is 22.0 Å². The number of rotatable bonds is 3. The van der Waals surface area contributed by atoms with Crippen molar-refractivity contribution in [1.82, 2.24) is 9.97 Å². The summed E-state index contributed by atoms with van der Waals surface area (Å²) < 4.78 is 5.17. The van der Waals surface area contributed by atoms with Crippen LogP contribution in [0.3, 0.4) is 0 Å². The molecule has 1 aromatic heterocycles. The molecule has 1 N–H and O–H groups in total. The summed E-state index contributed by atoms with van der Waals surface area (Å²) in [7, 11) is 1.60. The van der Waals surface area contributed by atoms with Crippen molar-refractivity contribution in [3.63, 3.8) is 0 Å². The molecule has 0 aliphatic rings. The Labute approximate surface area is 132 Å². The molecule has 0 spiro atoms. The van der Waals surface area contributed by atoms with Gasteiger partial charge >= 0.3 is 0 Å². The monoisotopic (exact) mass is 312 g/mol. The van der Waals surface area contributed by atoms with Crippen LogP contribution in [0.1, 0.15) is 11.4 Å². The molecule has 0 atom stereocenters. The summed E-state index contributed by atoms with van der Waals surface area (Å²) in [5, 5.41) is 0.896. The summed E-state index contributed by atoms with van der Waals surface area (Å²) in [4.78, 5) is 19.1. The van der Waals surface area contributed by atoms with Gasteiger partial charge in [-0.15, -0.1) is 0 Å². The number of methoxy groups -OCH3 is 1. The van der Waals surface area contributed by atoms with Crippen molar-refractivity contribution in [3.8, 4) is 5.75 Å². The quantitative estimate of drug-likeness (QED) is 0.803. The van der Waals surface area contributed by atoms with E-state index in [1.165, 1.54) is 0 Å². The van der Waals surface area contributed by atoms with Gasteiger partial charge in [-0.25, -0.2) is 4.98 Å². The van der Waals surface area contributed by atoms with Crippen LogP contribution in [-0.2, 0) is 0 Å². The number of nitrogens with one attached hydrogen (secondary N) is 1. The Kier molecular flexibility index (Phi) is 3.94. The Bertz CT molecular complexity index is 916. The normalized spacial score (nSPS) is 11.6. The van der Waals surface area contributed by atoms with Gasteiger partial charge in [0.1, 0.15) is 5.75 Å². The second-order valence-corrected chi connectivity index (χ2v) is 5.11. The SMILES string of the molecule is COc1cccc(C=C(Cl)c2nc3ccccc3c(=O)[nH]2)c1. The number of hydrogen-bond acceptors (Lipinski definition) is 3. The Morgan fingerprint density at radius 1 is 1.23 bits per heavy atom. The zero-order valence-electron chi connectivity index (χ0n) is 11.8. The molecule has 0 saturated heterocycles. The lowest BCUT2D eigenvalue weighted by Crippen LogP contribution is -2.10. The van der Waals surface area contributed by atoms with Crippen LogP contribution in [0.5, 0.6) is 5.75 Å². The Hall–Kier alpha value is -2.59. The minimum absolute atomic E-state index is 0.210. The number of para-hydroxylation sites is 1. The molecule has 110 valence electrons. The number of aromatic amines is 1. The highest BCUT2D eigenvalue weighted by atomic mass is 35.5. The van der Waals surface area contributed by atoms with E-state index in [0.29, 0.717) is 21.8 Å². The molecule has 2 aromatic carbocycles. The average molecular weight is 313 g/mol. The van der Waals surface area contributed by atoms with Crippen LogP contribution < -0.4 is 10.3 Å². The summed E-state index contributed by atoms with van der Waals surface area (Å²) in [5.41, 5.74) is 1.26. The van der Waals surface area contributed by atoms with Crippen LogP contribution in [0.15, 0.2) is 53.3 Å². The largest absolute Gasteiger partial charge is 0.497 e. The van der Waals surface area contributed by atoms with Crippen LogP contribution in [0, 0.1) is 0 Å². The Morgan fingerprint density at radius 3 is 2.86 bits per heavy atom. The van der Waals surface area contributed by atoms with Crippen molar-refractivity contribution < 1.29 is 4.74 Å². The summed E-state index contributed by atoms with van der Waals surface area (Å²) in [6.45, 7) is 0. The van der Waals surface area contributed by atoms with Gasteiger partial charge in [0.15, 0.2) is 5.82 Å². The van der Waals surface area contributed by atoms with Gasteiger partial charge in [-0.3, -0.25) is 4.79 Å². The zero-order chi connectivity index (χ0) is 15.5. The lowest BCUT2D eigenvalue weighted by molar-refractivity contribution is 0.414. The van der Waals surface area contributed by atoms with E-state index >= 15 is 0 Å². The number of H-pyrrole nitrogens is 1. The van der Waals surface area contributed by atoms with Crippen LogP contribution in [-0.4, -0.2) is 17.1 Å². The standard InChI is InChI=1S/C17H13ClN2O2/c1-22-12-6-4-5-11(9-12)10-14(18)16-19-15-8-3-2-7-13(15)17(21)20-16/h2-10H,1H3,(H,19,20,21). The van der Waals surface area contributed by atoms with E-state index < -0.39 is 0 Å². The van der Waals surface area contributed by atoms with E-state index in [9.17, 15) is 4.79 Å². The van der Waals surface area contributed by atoms with E-state index in [4.69, 9.17) is 16.3 Å². The maximum atomic E-state index is 12.1. The second-order valence-electron chi connectivity index (χ2n) is 4.70. The summed E-state index contributed by atoms with van der Waals surface area (Å²) in [6, 6.07) is 14.6. The van der Waals surface area contributed by atoms with Crippen molar-refractivity contribution >= 4 is 33.6 Å². The zero-order valence-corrected chi connectivity index (χ0v) is 12.6. The van der Waals surface area contributed by atoms with Crippen molar-refractivity contribution in [1.29, 1.82) is 0 Å². The number of fused-ring (bicyclic) bond motifs is 1. The van der Waals surface area contributed by atoms with Crippen LogP contribution >= 0.6 is 11.6 Å². The maximum Gasteiger partial charge on any atom is 0.259 e. The highest BCUT2D eigenvalue weighted by Crippen LogP contribution is 2.22. The summed E-state index contributed by atoms with van der Waals surface area (Å²) >= 11 is 6.30. The number of nitrogens with zero attached hydrogens (tertiary/aromatic N) is 1. The number of ether oxygens (including phenoxy) is 1. The van der Waals surface area contributed by atoms with Gasteiger partial charge in [0, 0.05) is 0 Å². The van der Waals surface area contributed by atoms with Crippen molar-refractivity contribution in [2.75, 3.05) is 7.11 Å². The van der Waals surface area contributed by atoms with Crippen molar-refractivity contribution in [3.05, 3.63) is 70.3 Å². The molecule has 22 heavy (non-hydrogen) atoms. The predicted molar refractivity (Wildman–Crippen MR) is 89.1 cm³/mol. The van der Waals surface area contributed by atoms with E-state index in [2.05, 4.69) is 9.97 Å². The minimum atomic E-state index is -0.210. The third kappa shape index (κ3) is 2.87. The van der Waals surface area contributed by atoms with Crippen molar-refractivity contribution in [2.24, 2.45) is 0 Å². The molecule has 5 heteroatoms. The van der Waals surface area contributed by atoms with E-state index in [1.54, 1.807) is 31.4 Å².